The fourth-order valence-electron chi connectivity index (χ4n) is 2.79. The normalized spacial score (nSPS) is 19.7. The van der Waals surface area contributed by atoms with Gasteiger partial charge in [0.2, 0.25) is 5.60 Å². The number of nitrogens with one attached hydrogen (secondary N) is 1. The van der Waals surface area contributed by atoms with Crippen LogP contribution in [0.15, 0.2) is 23.1 Å². The number of carbonyl (C=O) groups is 1. The maximum atomic E-state index is 14.1. The molecule has 2 aromatic rings. The van der Waals surface area contributed by atoms with E-state index in [0.29, 0.717) is 0 Å². The molecule has 0 aliphatic heterocycles. The van der Waals surface area contributed by atoms with Crippen LogP contribution in [0.1, 0.15) is 17.7 Å². The summed E-state index contributed by atoms with van der Waals surface area (Å²) in [6, 6.07) is 1.96. The first-order valence-corrected chi connectivity index (χ1v) is 7.00. The Hall–Kier alpha value is -2.25. The number of carboxylic acids is 1. The molecule has 1 aliphatic carbocycles. The van der Waals surface area contributed by atoms with Crippen LogP contribution in [0.5, 0.6) is 0 Å². The molecule has 0 saturated heterocycles. The van der Waals surface area contributed by atoms with Gasteiger partial charge in [-0.05, 0) is 25.0 Å². The van der Waals surface area contributed by atoms with Crippen molar-refractivity contribution in [3.63, 3.8) is 0 Å². The van der Waals surface area contributed by atoms with Crippen molar-refractivity contribution < 1.29 is 23.8 Å². The Balaban J connectivity index is 2.26. The molecule has 0 amide bonds. The minimum Gasteiger partial charge on any atom is -0.479 e. The molecule has 5 nitrogen and oxygen atoms in total. The zero-order chi connectivity index (χ0) is 16.9. The Morgan fingerprint density at radius 2 is 2.04 bits per heavy atom. The SMILES string of the molecule is O=C(O)C1(O)CCc2c1[nH]cc(-c1c(F)ccc(Cl)c1F)c2=O. The number of pyridine rings is 1. The van der Waals surface area contributed by atoms with Crippen molar-refractivity contribution in [3.05, 3.63) is 56.5 Å². The van der Waals surface area contributed by atoms with Gasteiger partial charge < -0.3 is 15.2 Å². The van der Waals surface area contributed by atoms with Gasteiger partial charge in [-0.2, -0.15) is 0 Å². The summed E-state index contributed by atoms with van der Waals surface area (Å²) in [7, 11) is 0. The molecule has 8 heteroatoms. The minimum absolute atomic E-state index is 0.00817. The van der Waals surface area contributed by atoms with Gasteiger partial charge in [-0.1, -0.05) is 11.6 Å². The second-order valence-corrected chi connectivity index (χ2v) is 5.68. The molecule has 1 aromatic heterocycles. The highest BCUT2D eigenvalue weighted by Gasteiger charge is 2.46. The molecule has 1 aromatic carbocycles. The lowest BCUT2D eigenvalue weighted by atomic mass is 9.99. The molecule has 0 spiro atoms. The van der Waals surface area contributed by atoms with Gasteiger partial charge in [-0.25, -0.2) is 13.6 Å². The van der Waals surface area contributed by atoms with Gasteiger partial charge in [0, 0.05) is 11.8 Å². The highest BCUT2D eigenvalue weighted by molar-refractivity contribution is 6.31. The van der Waals surface area contributed by atoms with Crippen LogP contribution in [0.25, 0.3) is 11.1 Å². The average molecular weight is 342 g/mol. The van der Waals surface area contributed by atoms with E-state index in [9.17, 15) is 23.5 Å². The number of rotatable bonds is 2. The maximum Gasteiger partial charge on any atom is 0.341 e. The molecule has 1 atom stereocenters. The van der Waals surface area contributed by atoms with E-state index in [-0.39, 0.29) is 34.7 Å². The second-order valence-electron chi connectivity index (χ2n) is 5.27. The van der Waals surface area contributed by atoms with Gasteiger partial charge in [0.15, 0.2) is 11.2 Å². The zero-order valence-electron chi connectivity index (χ0n) is 11.5. The number of benzene rings is 1. The number of hydrogen-bond donors (Lipinski definition) is 3. The Kier molecular flexibility index (Phi) is 3.50. The lowest BCUT2D eigenvalue weighted by Gasteiger charge is -2.18. The zero-order valence-corrected chi connectivity index (χ0v) is 12.2. The van der Waals surface area contributed by atoms with Gasteiger partial charge in [0.25, 0.3) is 0 Å². The summed E-state index contributed by atoms with van der Waals surface area (Å²) >= 11 is 5.62. The van der Waals surface area contributed by atoms with E-state index in [4.69, 9.17) is 16.7 Å². The Bertz CT molecular complexity index is 896. The van der Waals surface area contributed by atoms with Crippen LogP contribution < -0.4 is 5.43 Å². The van der Waals surface area contributed by atoms with Crippen molar-refractivity contribution >= 4 is 17.6 Å². The number of hydrogen-bond acceptors (Lipinski definition) is 3. The van der Waals surface area contributed by atoms with Crippen molar-refractivity contribution in [3.8, 4) is 11.1 Å². The molecular formula is C15H10ClF2NO4. The lowest BCUT2D eigenvalue weighted by Crippen LogP contribution is -2.34. The number of halogens is 3. The summed E-state index contributed by atoms with van der Waals surface area (Å²) in [6.07, 6.45) is 0.761. The molecular weight excluding hydrogens is 332 g/mol. The Labute approximate surface area is 133 Å². The van der Waals surface area contributed by atoms with E-state index in [0.717, 1.165) is 18.3 Å². The largest absolute Gasteiger partial charge is 0.479 e. The van der Waals surface area contributed by atoms with Crippen molar-refractivity contribution in [2.75, 3.05) is 0 Å². The topological polar surface area (TPSA) is 90.4 Å². The predicted molar refractivity (Wildman–Crippen MR) is 77.3 cm³/mol. The third-order valence-electron chi connectivity index (χ3n) is 4.00. The molecule has 0 bridgehead atoms. The van der Waals surface area contributed by atoms with E-state index >= 15 is 0 Å². The van der Waals surface area contributed by atoms with Gasteiger partial charge in [-0.3, -0.25) is 4.79 Å². The van der Waals surface area contributed by atoms with E-state index in [2.05, 4.69) is 4.98 Å². The number of aliphatic hydroxyl groups is 1. The summed E-state index contributed by atoms with van der Waals surface area (Å²) in [6.45, 7) is 0. The van der Waals surface area contributed by atoms with Gasteiger partial charge in [0.1, 0.15) is 5.82 Å². The Morgan fingerprint density at radius 3 is 2.70 bits per heavy atom. The number of aromatic amines is 1. The van der Waals surface area contributed by atoms with Crippen LogP contribution in [0.3, 0.4) is 0 Å². The number of H-pyrrole nitrogens is 1. The smallest absolute Gasteiger partial charge is 0.341 e. The van der Waals surface area contributed by atoms with Gasteiger partial charge in [0.05, 0.1) is 21.8 Å². The van der Waals surface area contributed by atoms with Crippen LogP contribution in [0, 0.1) is 11.6 Å². The monoisotopic (exact) mass is 341 g/mol. The number of fused-ring (bicyclic) bond motifs is 1. The van der Waals surface area contributed by atoms with Gasteiger partial charge in [-0.15, -0.1) is 0 Å². The Morgan fingerprint density at radius 1 is 1.35 bits per heavy atom. The summed E-state index contributed by atoms with van der Waals surface area (Å²) in [5, 5.41) is 18.9. The number of aliphatic carboxylic acids is 1. The van der Waals surface area contributed by atoms with E-state index in [1.54, 1.807) is 0 Å². The molecule has 1 heterocycles. The lowest BCUT2D eigenvalue weighted by molar-refractivity contribution is -0.159. The standard InChI is InChI=1S/C15H10ClF2NO4/c16-8-1-2-9(17)10(11(8)18)7-5-19-13-6(12(7)20)3-4-15(13,23)14(21)22/h1-2,5,23H,3-4H2,(H,19,20)(H,21,22). The quantitative estimate of drug-likeness (QED) is 0.730. The second kappa shape index (κ2) is 5.14. The van der Waals surface area contributed by atoms with Crippen LogP contribution in [0.4, 0.5) is 8.78 Å². The maximum absolute atomic E-state index is 14.1. The fraction of sp³-hybridized carbons (Fsp3) is 0.200. The van der Waals surface area contributed by atoms with Crippen molar-refractivity contribution in [1.82, 2.24) is 4.98 Å². The first-order chi connectivity index (χ1) is 10.8. The fourth-order valence-corrected chi connectivity index (χ4v) is 2.94. The number of carboxylic acid groups (broad SMARTS) is 1. The van der Waals surface area contributed by atoms with Crippen molar-refractivity contribution in [1.29, 1.82) is 0 Å². The van der Waals surface area contributed by atoms with E-state index in [1.807, 2.05) is 0 Å². The van der Waals surface area contributed by atoms with E-state index < -0.39 is 34.2 Å². The highest BCUT2D eigenvalue weighted by Crippen LogP contribution is 2.36. The average Bonchev–Trinajstić information content (AvgIpc) is 2.85. The summed E-state index contributed by atoms with van der Waals surface area (Å²) in [5.74, 6) is -3.55. The predicted octanol–water partition coefficient (Wildman–Crippen LogP) is 2.19. The third kappa shape index (κ3) is 2.15. The molecule has 23 heavy (non-hydrogen) atoms. The van der Waals surface area contributed by atoms with Gasteiger partial charge >= 0.3 is 5.97 Å². The van der Waals surface area contributed by atoms with Crippen LogP contribution >= 0.6 is 11.6 Å². The van der Waals surface area contributed by atoms with Crippen LogP contribution in [0.2, 0.25) is 5.02 Å². The summed E-state index contributed by atoms with van der Waals surface area (Å²) in [4.78, 5) is 26.2. The van der Waals surface area contributed by atoms with Crippen LogP contribution in [-0.2, 0) is 16.8 Å². The number of aromatic nitrogens is 1. The molecule has 120 valence electrons. The third-order valence-corrected chi connectivity index (χ3v) is 4.29. The molecule has 0 fully saturated rings. The highest BCUT2D eigenvalue weighted by atomic mass is 35.5. The van der Waals surface area contributed by atoms with Crippen molar-refractivity contribution in [2.24, 2.45) is 0 Å². The summed E-state index contributed by atoms with van der Waals surface area (Å²) in [5.41, 5.74) is -4.02. The van der Waals surface area contributed by atoms with Crippen LogP contribution in [-0.4, -0.2) is 21.2 Å². The molecule has 0 saturated carbocycles. The summed E-state index contributed by atoms with van der Waals surface area (Å²) < 4.78 is 28.0. The first kappa shape index (κ1) is 15.6. The molecule has 3 rings (SSSR count). The first-order valence-electron chi connectivity index (χ1n) is 6.62. The minimum atomic E-state index is -2.21. The van der Waals surface area contributed by atoms with E-state index in [1.165, 1.54) is 0 Å². The molecule has 1 unspecified atom stereocenters. The molecule has 3 N–H and O–H groups in total. The molecule has 1 aliphatic rings. The molecule has 0 radical (unpaired) electrons. The van der Waals surface area contributed by atoms with Crippen molar-refractivity contribution in [2.45, 2.75) is 18.4 Å².